The largest absolute Gasteiger partial charge is 0.481 e. The third-order valence-corrected chi connectivity index (χ3v) is 4.81. The van der Waals surface area contributed by atoms with E-state index in [-0.39, 0.29) is 24.1 Å². The Morgan fingerprint density at radius 1 is 1.30 bits per heavy atom. The van der Waals surface area contributed by atoms with Crippen LogP contribution >= 0.6 is 0 Å². The molecule has 1 aliphatic heterocycles. The zero-order valence-corrected chi connectivity index (χ0v) is 14.9. The summed E-state index contributed by atoms with van der Waals surface area (Å²) in [5.41, 5.74) is 2.18. The van der Waals surface area contributed by atoms with E-state index in [1.54, 1.807) is 30.5 Å². The van der Waals surface area contributed by atoms with Crippen molar-refractivity contribution in [1.82, 2.24) is 4.98 Å². The lowest BCUT2D eigenvalue weighted by Gasteiger charge is -2.30. The first-order valence-electron chi connectivity index (χ1n) is 8.96. The molecule has 1 atom stereocenters. The van der Waals surface area contributed by atoms with Gasteiger partial charge in [0.2, 0.25) is 5.91 Å². The van der Waals surface area contributed by atoms with Crippen LogP contribution in [0, 0.1) is 0 Å². The van der Waals surface area contributed by atoms with Gasteiger partial charge in [-0.2, -0.15) is 0 Å². The van der Waals surface area contributed by atoms with Gasteiger partial charge in [0.05, 0.1) is 5.69 Å². The number of carbonyl (C=O) groups is 3. The first kappa shape index (κ1) is 17.2. The number of carbonyl (C=O) groups excluding carboxylic acids is 3. The van der Waals surface area contributed by atoms with E-state index in [4.69, 9.17) is 4.74 Å². The minimum absolute atomic E-state index is 0.0958. The molecule has 27 heavy (non-hydrogen) atoms. The maximum absolute atomic E-state index is 13.1. The second kappa shape index (κ2) is 6.83. The van der Waals surface area contributed by atoms with Gasteiger partial charge in [-0.05, 0) is 48.7 Å². The Hall–Kier alpha value is -3.22. The third kappa shape index (κ3) is 3.16. The van der Waals surface area contributed by atoms with E-state index >= 15 is 0 Å². The second-order valence-electron chi connectivity index (χ2n) is 6.60. The maximum atomic E-state index is 13.1. The van der Waals surface area contributed by atoms with Crippen LogP contribution < -0.4 is 15.0 Å². The van der Waals surface area contributed by atoms with Crippen LogP contribution in [0.4, 0.5) is 11.5 Å². The normalized spacial score (nSPS) is 16.4. The first-order chi connectivity index (χ1) is 13.1. The molecule has 0 fully saturated rings. The van der Waals surface area contributed by atoms with E-state index in [1.165, 1.54) is 4.90 Å². The van der Waals surface area contributed by atoms with Gasteiger partial charge in [-0.25, -0.2) is 4.98 Å². The quantitative estimate of drug-likeness (QED) is 0.898. The highest BCUT2D eigenvalue weighted by atomic mass is 16.5. The van der Waals surface area contributed by atoms with Crippen molar-refractivity contribution >= 4 is 29.1 Å². The van der Waals surface area contributed by atoms with Gasteiger partial charge in [-0.3, -0.25) is 19.3 Å². The number of nitrogens with one attached hydrogen (secondary N) is 1. The summed E-state index contributed by atoms with van der Waals surface area (Å²) in [5, 5.41) is 2.72. The van der Waals surface area contributed by atoms with Crippen LogP contribution in [0.25, 0.3) is 0 Å². The number of fused-ring (bicyclic) bond motifs is 2. The fourth-order valence-corrected chi connectivity index (χ4v) is 3.45. The van der Waals surface area contributed by atoms with E-state index in [0.29, 0.717) is 36.5 Å². The summed E-state index contributed by atoms with van der Waals surface area (Å²) in [4.78, 5) is 42.4. The highest BCUT2D eigenvalue weighted by Crippen LogP contribution is 2.29. The fourth-order valence-electron chi connectivity index (χ4n) is 3.45. The van der Waals surface area contributed by atoms with Gasteiger partial charge in [0.15, 0.2) is 17.7 Å². The summed E-state index contributed by atoms with van der Waals surface area (Å²) in [6.07, 6.45) is 2.48. The Balaban J connectivity index is 1.57. The lowest BCUT2D eigenvalue weighted by Crippen LogP contribution is -2.48. The van der Waals surface area contributed by atoms with Crippen molar-refractivity contribution in [2.75, 3.05) is 16.8 Å². The van der Waals surface area contributed by atoms with Crippen molar-refractivity contribution in [2.24, 2.45) is 0 Å². The first-order valence-corrected chi connectivity index (χ1v) is 8.96. The molecule has 0 radical (unpaired) electrons. The number of aryl methyl sites for hydroxylation is 1. The molecule has 0 spiro atoms. The van der Waals surface area contributed by atoms with Crippen molar-refractivity contribution in [1.29, 1.82) is 0 Å². The lowest BCUT2D eigenvalue weighted by atomic mass is 10.1. The Bertz CT molecular complexity index is 941. The molecule has 0 saturated carbocycles. The standard InChI is InChI=1S/C20H19N3O4/c1-2-17(27-13-6-7-14-12(10-13)5-8-16(14)24)20(26)23-11-18(25)22-15-4-3-9-21-19(15)23/h3-4,6-7,9-10,17H,2,5,8,11H2,1H3,(H,22,25). The van der Waals surface area contributed by atoms with Crippen LogP contribution in [0.5, 0.6) is 5.75 Å². The Morgan fingerprint density at radius 2 is 2.15 bits per heavy atom. The number of nitrogens with zero attached hydrogens (tertiary/aromatic N) is 2. The van der Waals surface area contributed by atoms with Crippen LogP contribution in [-0.2, 0) is 16.0 Å². The van der Waals surface area contributed by atoms with Crippen molar-refractivity contribution in [2.45, 2.75) is 32.3 Å². The van der Waals surface area contributed by atoms with Gasteiger partial charge in [0, 0.05) is 18.2 Å². The Kier molecular flexibility index (Phi) is 4.35. The summed E-state index contributed by atoms with van der Waals surface area (Å²) in [6.45, 7) is 1.75. The molecule has 4 rings (SSSR count). The Morgan fingerprint density at radius 3 is 2.96 bits per heavy atom. The molecule has 1 unspecified atom stereocenters. The van der Waals surface area contributed by atoms with Crippen LogP contribution in [-0.4, -0.2) is 35.2 Å². The third-order valence-electron chi connectivity index (χ3n) is 4.81. The van der Waals surface area contributed by atoms with Crippen molar-refractivity contribution in [3.05, 3.63) is 47.7 Å². The highest BCUT2D eigenvalue weighted by Gasteiger charge is 2.33. The molecule has 2 aromatic rings. The molecular weight excluding hydrogens is 346 g/mol. The fraction of sp³-hybridized carbons (Fsp3) is 0.300. The number of pyridine rings is 1. The van der Waals surface area contributed by atoms with E-state index in [1.807, 2.05) is 13.0 Å². The van der Waals surface area contributed by atoms with Crippen molar-refractivity contribution < 1.29 is 19.1 Å². The van der Waals surface area contributed by atoms with Gasteiger partial charge in [-0.1, -0.05) is 6.92 Å². The minimum atomic E-state index is -0.749. The molecule has 138 valence electrons. The number of Topliss-reactive ketones (excluding diaryl/α,β-unsaturated/α-hetero) is 1. The zero-order chi connectivity index (χ0) is 19.0. The monoisotopic (exact) mass is 365 g/mol. The second-order valence-corrected chi connectivity index (χ2v) is 6.60. The molecule has 1 aromatic heterocycles. The summed E-state index contributed by atoms with van der Waals surface area (Å²) < 4.78 is 5.93. The van der Waals surface area contributed by atoms with Gasteiger partial charge >= 0.3 is 0 Å². The maximum Gasteiger partial charge on any atom is 0.269 e. The summed E-state index contributed by atoms with van der Waals surface area (Å²) in [7, 11) is 0. The molecule has 1 aliphatic carbocycles. The number of rotatable bonds is 4. The number of hydrogen-bond donors (Lipinski definition) is 1. The number of amides is 2. The van der Waals surface area contributed by atoms with Crippen LogP contribution in [0.3, 0.4) is 0 Å². The number of ether oxygens (including phenoxy) is 1. The molecule has 2 amide bonds. The van der Waals surface area contributed by atoms with Crippen LogP contribution in [0.15, 0.2) is 36.5 Å². The van der Waals surface area contributed by atoms with Gasteiger partial charge in [-0.15, -0.1) is 0 Å². The number of benzene rings is 1. The minimum Gasteiger partial charge on any atom is -0.481 e. The summed E-state index contributed by atoms with van der Waals surface area (Å²) in [6, 6.07) is 8.70. The molecule has 7 nitrogen and oxygen atoms in total. The summed E-state index contributed by atoms with van der Waals surface area (Å²) >= 11 is 0. The predicted molar refractivity (Wildman–Crippen MR) is 99.0 cm³/mol. The average Bonchev–Trinajstić information content (AvgIpc) is 3.05. The average molecular weight is 365 g/mol. The number of hydrogen-bond acceptors (Lipinski definition) is 5. The molecule has 2 heterocycles. The molecule has 2 aliphatic rings. The number of anilines is 2. The smallest absolute Gasteiger partial charge is 0.269 e. The van der Waals surface area contributed by atoms with Crippen molar-refractivity contribution in [3.8, 4) is 5.75 Å². The number of aromatic nitrogens is 1. The van der Waals surface area contributed by atoms with Crippen LogP contribution in [0.2, 0.25) is 0 Å². The Labute approximate surface area is 156 Å². The van der Waals surface area contributed by atoms with Crippen molar-refractivity contribution in [3.63, 3.8) is 0 Å². The molecular formula is C20H19N3O4. The van der Waals surface area contributed by atoms with Crippen LogP contribution in [0.1, 0.15) is 35.7 Å². The van der Waals surface area contributed by atoms with E-state index in [0.717, 1.165) is 11.1 Å². The molecule has 1 aromatic carbocycles. The zero-order valence-electron chi connectivity index (χ0n) is 14.9. The predicted octanol–water partition coefficient (Wildman–Crippen LogP) is 2.35. The molecule has 0 saturated heterocycles. The van der Waals surface area contributed by atoms with E-state index in [2.05, 4.69) is 10.3 Å². The highest BCUT2D eigenvalue weighted by molar-refractivity contribution is 6.10. The molecule has 1 N–H and O–H groups in total. The van der Waals surface area contributed by atoms with E-state index < -0.39 is 6.10 Å². The van der Waals surface area contributed by atoms with Gasteiger partial charge in [0.1, 0.15) is 12.3 Å². The number of ketones is 1. The molecule has 7 heteroatoms. The lowest BCUT2D eigenvalue weighted by molar-refractivity contribution is -0.127. The van der Waals surface area contributed by atoms with E-state index in [9.17, 15) is 14.4 Å². The summed E-state index contributed by atoms with van der Waals surface area (Å²) in [5.74, 6) is 0.523. The van der Waals surface area contributed by atoms with Gasteiger partial charge in [0.25, 0.3) is 5.91 Å². The van der Waals surface area contributed by atoms with Gasteiger partial charge < -0.3 is 10.1 Å². The SMILES string of the molecule is CCC(Oc1ccc2c(c1)CCC2=O)C(=O)N1CC(=O)Nc2cccnc21. The molecule has 0 bridgehead atoms. The topological polar surface area (TPSA) is 88.6 Å².